The van der Waals surface area contributed by atoms with Gasteiger partial charge in [0.1, 0.15) is 5.82 Å². The molecule has 25 heavy (non-hydrogen) atoms. The number of nitrogens with one attached hydrogen (secondary N) is 1. The van der Waals surface area contributed by atoms with Gasteiger partial charge in [-0.05, 0) is 30.7 Å². The summed E-state index contributed by atoms with van der Waals surface area (Å²) in [6.07, 6.45) is 3.33. The molecule has 0 spiro atoms. The van der Waals surface area contributed by atoms with Gasteiger partial charge in [-0.25, -0.2) is 18.1 Å². The number of fused-ring (bicyclic) bond motifs is 1. The van der Waals surface area contributed by atoms with E-state index in [1.807, 2.05) is 24.3 Å². The van der Waals surface area contributed by atoms with Gasteiger partial charge in [0.05, 0.1) is 22.5 Å². The number of hydrogen-bond donors (Lipinski definition) is 1. The van der Waals surface area contributed by atoms with Crippen molar-refractivity contribution >= 4 is 21.1 Å². The Hall–Kier alpha value is -2.18. The molecule has 3 aromatic rings. The monoisotopic (exact) mass is 357 g/mol. The van der Waals surface area contributed by atoms with E-state index in [4.69, 9.17) is 0 Å². The van der Waals surface area contributed by atoms with Crippen LogP contribution < -0.4 is 4.72 Å². The summed E-state index contributed by atoms with van der Waals surface area (Å²) in [5, 5.41) is 0. The molecule has 0 saturated carbocycles. The van der Waals surface area contributed by atoms with Crippen molar-refractivity contribution < 1.29 is 8.42 Å². The number of hydrogen-bond acceptors (Lipinski definition) is 3. The Labute approximate surface area is 148 Å². The van der Waals surface area contributed by atoms with Crippen LogP contribution in [0.3, 0.4) is 0 Å². The van der Waals surface area contributed by atoms with E-state index < -0.39 is 10.0 Å². The van der Waals surface area contributed by atoms with E-state index in [0.717, 1.165) is 42.7 Å². The standard InChI is InChI=1S/C19H23N3O2S/c1-2-3-9-14-22-18-13-8-7-12-17(18)21-19(22)15-20-25(23,24)16-10-5-4-6-11-16/h4-8,10-13,20H,2-3,9,14-15H2,1H3. The fraction of sp³-hybridized carbons (Fsp3) is 0.316. The molecular formula is C19H23N3O2S. The summed E-state index contributed by atoms with van der Waals surface area (Å²) >= 11 is 0. The SMILES string of the molecule is CCCCCn1c(CNS(=O)(=O)c2ccccc2)nc2ccccc21. The first-order chi connectivity index (χ1) is 12.1. The molecule has 1 N–H and O–H groups in total. The van der Waals surface area contributed by atoms with Gasteiger partial charge in [-0.1, -0.05) is 50.1 Å². The lowest BCUT2D eigenvalue weighted by atomic mass is 10.2. The van der Waals surface area contributed by atoms with Crippen molar-refractivity contribution in [1.82, 2.24) is 14.3 Å². The predicted molar refractivity (Wildman–Crippen MR) is 99.7 cm³/mol. The zero-order valence-corrected chi connectivity index (χ0v) is 15.2. The van der Waals surface area contributed by atoms with Gasteiger partial charge in [-0.3, -0.25) is 0 Å². The molecule has 0 unspecified atom stereocenters. The quantitative estimate of drug-likeness (QED) is 0.625. The maximum Gasteiger partial charge on any atom is 0.240 e. The number of aryl methyl sites for hydroxylation is 1. The average molecular weight is 357 g/mol. The van der Waals surface area contributed by atoms with Gasteiger partial charge in [-0.15, -0.1) is 0 Å². The third-order valence-electron chi connectivity index (χ3n) is 4.19. The molecule has 1 aromatic heterocycles. The number of unbranched alkanes of at least 4 members (excludes halogenated alkanes) is 2. The molecule has 0 aliphatic heterocycles. The van der Waals surface area contributed by atoms with Crippen molar-refractivity contribution in [2.24, 2.45) is 0 Å². The van der Waals surface area contributed by atoms with Crippen molar-refractivity contribution in [3.63, 3.8) is 0 Å². The Kier molecular flexibility index (Phi) is 5.50. The summed E-state index contributed by atoms with van der Waals surface area (Å²) in [5.74, 6) is 0.747. The lowest BCUT2D eigenvalue weighted by Gasteiger charge is -2.10. The number of nitrogens with zero attached hydrogens (tertiary/aromatic N) is 2. The molecule has 0 radical (unpaired) electrons. The summed E-state index contributed by atoms with van der Waals surface area (Å²) in [6, 6.07) is 16.3. The van der Waals surface area contributed by atoms with Gasteiger partial charge in [0.15, 0.2) is 0 Å². The van der Waals surface area contributed by atoms with Gasteiger partial charge in [0, 0.05) is 6.54 Å². The first-order valence-electron chi connectivity index (χ1n) is 8.60. The second kappa shape index (κ2) is 7.80. The normalized spacial score (nSPS) is 11.9. The summed E-state index contributed by atoms with van der Waals surface area (Å²) < 4.78 is 29.7. The van der Waals surface area contributed by atoms with Crippen LogP contribution in [-0.2, 0) is 23.1 Å². The summed E-state index contributed by atoms with van der Waals surface area (Å²) in [6.45, 7) is 3.19. The van der Waals surface area contributed by atoms with Crippen molar-refractivity contribution in [3.05, 3.63) is 60.4 Å². The lowest BCUT2D eigenvalue weighted by molar-refractivity contribution is 0.565. The van der Waals surface area contributed by atoms with Crippen LogP contribution in [-0.4, -0.2) is 18.0 Å². The number of benzene rings is 2. The fourth-order valence-corrected chi connectivity index (χ4v) is 3.87. The Morgan fingerprint density at radius 3 is 2.48 bits per heavy atom. The van der Waals surface area contributed by atoms with Gasteiger partial charge < -0.3 is 4.57 Å². The average Bonchev–Trinajstić information content (AvgIpc) is 2.99. The highest BCUT2D eigenvalue weighted by atomic mass is 32.2. The third kappa shape index (κ3) is 4.08. The minimum atomic E-state index is -3.54. The van der Waals surface area contributed by atoms with Crippen LogP contribution in [0.15, 0.2) is 59.5 Å². The van der Waals surface area contributed by atoms with Gasteiger partial charge in [0.25, 0.3) is 0 Å². The maximum absolute atomic E-state index is 12.4. The lowest BCUT2D eigenvalue weighted by Crippen LogP contribution is -2.25. The van der Waals surface area contributed by atoms with Crippen LogP contribution in [0.25, 0.3) is 11.0 Å². The van der Waals surface area contributed by atoms with Crippen molar-refractivity contribution in [3.8, 4) is 0 Å². The molecule has 132 valence electrons. The molecule has 0 amide bonds. The second-order valence-corrected chi connectivity index (χ2v) is 7.78. The number of rotatable bonds is 8. The van der Waals surface area contributed by atoms with E-state index in [1.54, 1.807) is 30.3 Å². The molecule has 3 rings (SSSR count). The molecule has 0 aliphatic rings. The molecule has 1 heterocycles. The molecule has 5 nitrogen and oxygen atoms in total. The fourth-order valence-electron chi connectivity index (χ4n) is 2.87. The van der Waals surface area contributed by atoms with E-state index in [2.05, 4.69) is 21.2 Å². The van der Waals surface area contributed by atoms with E-state index in [-0.39, 0.29) is 11.4 Å². The van der Waals surface area contributed by atoms with E-state index in [1.165, 1.54) is 0 Å². The molecule has 0 aliphatic carbocycles. The van der Waals surface area contributed by atoms with Crippen LogP contribution in [0.1, 0.15) is 32.0 Å². The topological polar surface area (TPSA) is 64.0 Å². The van der Waals surface area contributed by atoms with Crippen molar-refractivity contribution in [1.29, 1.82) is 0 Å². The summed E-state index contributed by atoms with van der Waals surface area (Å²) in [4.78, 5) is 4.89. The Balaban J connectivity index is 1.84. The smallest absolute Gasteiger partial charge is 0.240 e. The number of imidazole rings is 1. The first kappa shape index (κ1) is 17.6. The maximum atomic E-state index is 12.4. The minimum Gasteiger partial charge on any atom is -0.327 e. The molecule has 0 atom stereocenters. The number of para-hydroxylation sites is 2. The van der Waals surface area contributed by atoms with Gasteiger partial charge in [0.2, 0.25) is 10.0 Å². The first-order valence-corrected chi connectivity index (χ1v) is 10.1. The third-order valence-corrected chi connectivity index (χ3v) is 5.61. The Morgan fingerprint density at radius 1 is 1.00 bits per heavy atom. The largest absolute Gasteiger partial charge is 0.327 e. The highest BCUT2D eigenvalue weighted by molar-refractivity contribution is 7.89. The Morgan fingerprint density at radius 2 is 1.72 bits per heavy atom. The molecule has 0 bridgehead atoms. The molecule has 0 saturated heterocycles. The Bertz CT molecular complexity index is 934. The number of aromatic nitrogens is 2. The molecule has 2 aromatic carbocycles. The van der Waals surface area contributed by atoms with Crippen molar-refractivity contribution in [2.75, 3.05) is 0 Å². The molecular weight excluding hydrogens is 334 g/mol. The van der Waals surface area contributed by atoms with Gasteiger partial charge in [-0.2, -0.15) is 0 Å². The molecule has 0 fully saturated rings. The van der Waals surface area contributed by atoms with E-state index >= 15 is 0 Å². The second-order valence-electron chi connectivity index (χ2n) is 6.01. The molecule has 6 heteroatoms. The van der Waals surface area contributed by atoms with Gasteiger partial charge >= 0.3 is 0 Å². The highest BCUT2D eigenvalue weighted by Crippen LogP contribution is 2.18. The zero-order valence-electron chi connectivity index (χ0n) is 14.4. The zero-order chi connectivity index (χ0) is 17.7. The summed E-state index contributed by atoms with van der Waals surface area (Å²) in [7, 11) is -3.54. The van der Waals surface area contributed by atoms with Crippen LogP contribution in [0.5, 0.6) is 0 Å². The number of sulfonamides is 1. The van der Waals surface area contributed by atoms with E-state index in [0.29, 0.717) is 0 Å². The van der Waals surface area contributed by atoms with Crippen molar-refractivity contribution in [2.45, 2.75) is 44.2 Å². The minimum absolute atomic E-state index is 0.179. The van der Waals surface area contributed by atoms with Crippen LogP contribution in [0, 0.1) is 0 Å². The predicted octanol–water partition coefficient (Wildman–Crippen LogP) is 3.71. The van der Waals surface area contributed by atoms with Crippen LogP contribution in [0.2, 0.25) is 0 Å². The van der Waals surface area contributed by atoms with Crippen LogP contribution >= 0.6 is 0 Å². The highest BCUT2D eigenvalue weighted by Gasteiger charge is 2.16. The summed E-state index contributed by atoms with van der Waals surface area (Å²) in [5.41, 5.74) is 1.94. The van der Waals surface area contributed by atoms with Crippen LogP contribution in [0.4, 0.5) is 0 Å². The van der Waals surface area contributed by atoms with E-state index in [9.17, 15) is 8.42 Å².